The number of aryl methyl sites for hydroxylation is 1. The molecular weight excluding hydrogens is 532 g/mol. The Bertz CT molecular complexity index is 1260. The summed E-state index contributed by atoms with van der Waals surface area (Å²) in [6, 6.07) is 11.5. The molecule has 4 rings (SSSR count). The van der Waals surface area contributed by atoms with E-state index in [2.05, 4.69) is 39.9 Å². The first-order valence-corrected chi connectivity index (χ1v) is 12.1. The molecule has 0 saturated carbocycles. The van der Waals surface area contributed by atoms with E-state index >= 15 is 0 Å². The monoisotopic (exact) mass is 556 g/mol. The quantitative estimate of drug-likeness (QED) is 0.283. The Labute approximate surface area is 216 Å². The van der Waals surface area contributed by atoms with Gasteiger partial charge in [0.05, 0.1) is 30.8 Å². The number of pyridine rings is 1. The topological polar surface area (TPSA) is 114 Å². The van der Waals surface area contributed by atoms with Crippen LogP contribution < -0.4 is 0 Å². The summed E-state index contributed by atoms with van der Waals surface area (Å²) in [4.78, 5) is 37.0. The molecule has 11 heteroatoms. The highest BCUT2D eigenvalue weighted by molar-refractivity contribution is 9.10. The fraction of sp³-hybridized carbons (Fsp3) is 0.320. The third-order valence-electron chi connectivity index (χ3n) is 5.44. The van der Waals surface area contributed by atoms with E-state index in [4.69, 9.17) is 14.5 Å². The Hall–Kier alpha value is -3.73. The lowest BCUT2D eigenvalue weighted by Gasteiger charge is -2.14. The summed E-state index contributed by atoms with van der Waals surface area (Å²) in [5.74, 6) is 0.810. The molecule has 1 aliphatic rings. The average Bonchev–Trinajstić information content (AvgIpc) is 3.21. The van der Waals surface area contributed by atoms with Gasteiger partial charge in [-0.2, -0.15) is 0 Å². The second kappa shape index (κ2) is 11.8. The molecule has 10 nitrogen and oxygen atoms in total. The van der Waals surface area contributed by atoms with Crippen molar-refractivity contribution >= 4 is 34.0 Å². The lowest BCUT2D eigenvalue weighted by Crippen LogP contribution is -2.15. The summed E-state index contributed by atoms with van der Waals surface area (Å²) >= 11 is 3.59. The van der Waals surface area contributed by atoms with Gasteiger partial charge in [0.2, 0.25) is 0 Å². The number of carbonyl (C=O) groups excluding carboxylic acids is 2. The third kappa shape index (κ3) is 5.91. The Morgan fingerprint density at radius 2 is 1.81 bits per heavy atom. The Balaban J connectivity index is 1.48. The van der Waals surface area contributed by atoms with E-state index in [1.165, 1.54) is 7.11 Å². The van der Waals surface area contributed by atoms with E-state index in [0.717, 1.165) is 38.6 Å². The van der Waals surface area contributed by atoms with Crippen LogP contribution in [-0.4, -0.2) is 59.5 Å². The van der Waals surface area contributed by atoms with Crippen molar-refractivity contribution in [2.75, 3.05) is 26.9 Å². The molecule has 0 fully saturated rings. The molecule has 3 aromatic rings. The van der Waals surface area contributed by atoms with Gasteiger partial charge in [-0.1, -0.05) is 22.0 Å². The van der Waals surface area contributed by atoms with Crippen molar-refractivity contribution in [1.29, 1.82) is 0 Å². The van der Waals surface area contributed by atoms with Crippen LogP contribution >= 0.6 is 15.9 Å². The second-order valence-corrected chi connectivity index (χ2v) is 8.77. The van der Waals surface area contributed by atoms with Gasteiger partial charge in [-0.3, -0.25) is 14.5 Å². The van der Waals surface area contributed by atoms with E-state index in [-0.39, 0.29) is 25.9 Å². The van der Waals surface area contributed by atoms with Crippen LogP contribution in [0.5, 0.6) is 0 Å². The summed E-state index contributed by atoms with van der Waals surface area (Å²) in [5.41, 5.74) is 4.45. The van der Waals surface area contributed by atoms with Crippen molar-refractivity contribution in [2.45, 2.75) is 25.8 Å². The number of hydrogen-bond acceptors (Lipinski definition) is 9. The molecule has 0 spiro atoms. The molecule has 1 aliphatic heterocycles. The van der Waals surface area contributed by atoms with Crippen LogP contribution in [-0.2, 0) is 18.9 Å². The summed E-state index contributed by atoms with van der Waals surface area (Å²) in [6.07, 6.45) is 3.01. The molecule has 1 aromatic carbocycles. The van der Waals surface area contributed by atoms with Gasteiger partial charge in [-0.25, -0.2) is 14.6 Å². The highest BCUT2D eigenvalue weighted by Crippen LogP contribution is 2.34. The number of aromatic nitrogens is 3. The minimum absolute atomic E-state index is 0.118. The number of ether oxygens (including phenoxy) is 4. The number of aliphatic imine (C=N–C) groups is 1. The molecule has 2 aromatic heterocycles. The van der Waals surface area contributed by atoms with Gasteiger partial charge < -0.3 is 18.9 Å². The minimum Gasteiger partial charge on any atom is -0.438 e. The highest BCUT2D eigenvalue weighted by Gasteiger charge is 2.27. The van der Waals surface area contributed by atoms with Crippen LogP contribution in [0.4, 0.5) is 9.59 Å². The van der Waals surface area contributed by atoms with Crippen LogP contribution in [0.15, 0.2) is 58.3 Å². The van der Waals surface area contributed by atoms with Crippen LogP contribution in [0.25, 0.3) is 5.69 Å². The first-order chi connectivity index (χ1) is 17.5. The van der Waals surface area contributed by atoms with Crippen LogP contribution in [0.1, 0.15) is 41.7 Å². The molecule has 36 heavy (non-hydrogen) atoms. The fourth-order valence-electron chi connectivity index (χ4n) is 3.86. The normalized spacial score (nSPS) is 14.1. The average molecular weight is 557 g/mol. The maximum absolute atomic E-state index is 11.8. The Morgan fingerprint density at radius 1 is 1.03 bits per heavy atom. The largest absolute Gasteiger partial charge is 0.508 e. The molecule has 0 unspecified atom stereocenters. The van der Waals surface area contributed by atoms with Gasteiger partial charge in [0, 0.05) is 28.1 Å². The Morgan fingerprint density at radius 3 is 2.56 bits per heavy atom. The number of fused-ring (bicyclic) bond motifs is 3. The van der Waals surface area contributed by atoms with Crippen molar-refractivity contribution in [3.63, 3.8) is 0 Å². The maximum Gasteiger partial charge on any atom is 0.508 e. The van der Waals surface area contributed by atoms with Gasteiger partial charge in [0.15, 0.2) is 0 Å². The van der Waals surface area contributed by atoms with Crippen molar-refractivity contribution in [3.05, 3.63) is 76.0 Å². The van der Waals surface area contributed by atoms with E-state index in [1.54, 1.807) is 6.20 Å². The summed E-state index contributed by atoms with van der Waals surface area (Å²) in [6.45, 7) is 1.90. The maximum atomic E-state index is 11.8. The van der Waals surface area contributed by atoms with Crippen LogP contribution in [0, 0.1) is 6.92 Å². The number of nitrogens with zero attached hydrogens (tertiary/aromatic N) is 4. The number of methoxy groups -OCH3 is 1. The SMILES string of the molecule is COC(=O)OCCOC(=O)OCCC[C@@H]1N=C(c2ccccn2)c2cc(Br)ccc2-n2c(C)cnc21. The minimum atomic E-state index is -0.843. The smallest absolute Gasteiger partial charge is 0.438 e. The van der Waals surface area contributed by atoms with Crippen molar-refractivity contribution in [3.8, 4) is 5.69 Å². The van der Waals surface area contributed by atoms with Crippen LogP contribution in [0.3, 0.4) is 0 Å². The first kappa shape index (κ1) is 25.4. The predicted octanol–water partition coefficient (Wildman–Crippen LogP) is 4.95. The first-order valence-electron chi connectivity index (χ1n) is 11.3. The number of carbonyl (C=O) groups is 2. The number of hydrogen-bond donors (Lipinski definition) is 0. The molecule has 0 N–H and O–H groups in total. The molecule has 0 bridgehead atoms. The molecule has 188 valence electrons. The number of imidazole rings is 1. The van der Waals surface area contributed by atoms with Crippen molar-refractivity contribution in [1.82, 2.24) is 14.5 Å². The third-order valence-corrected chi connectivity index (χ3v) is 5.94. The highest BCUT2D eigenvalue weighted by atomic mass is 79.9. The number of halogens is 1. The Kier molecular flexibility index (Phi) is 8.32. The predicted molar refractivity (Wildman–Crippen MR) is 134 cm³/mol. The molecule has 0 aliphatic carbocycles. The van der Waals surface area contributed by atoms with E-state index in [1.807, 2.05) is 49.5 Å². The second-order valence-electron chi connectivity index (χ2n) is 7.85. The lowest BCUT2D eigenvalue weighted by atomic mass is 10.0. The van der Waals surface area contributed by atoms with E-state index < -0.39 is 12.3 Å². The summed E-state index contributed by atoms with van der Waals surface area (Å²) in [5, 5.41) is 0. The molecule has 0 amide bonds. The zero-order valence-electron chi connectivity index (χ0n) is 19.8. The van der Waals surface area contributed by atoms with Gasteiger partial charge >= 0.3 is 12.3 Å². The lowest BCUT2D eigenvalue weighted by molar-refractivity contribution is 0.0237. The number of benzene rings is 1. The van der Waals surface area contributed by atoms with E-state index in [9.17, 15) is 9.59 Å². The van der Waals surface area contributed by atoms with Gasteiger partial charge in [-0.05, 0) is 50.1 Å². The van der Waals surface area contributed by atoms with Crippen molar-refractivity contribution < 1.29 is 28.5 Å². The molecule has 0 radical (unpaired) electrons. The van der Waals surface area contributed by atoms with Crippen LogP contribution in [0.2, 0.25) is 0 Å². The fourth-order valence-corrected chi connectivity index (χ4v) is 4.22. The number of rotatable bonds is 8. The summed E-state index contributed by atoms with van der Waals surface area (Å²) in [7, 11) is 1.19. The molecule has 3 heterocycles. The van der Waals surface area contributed by atoms with Gasteiger partial charge in [0.1, 0.15) is 25.1 Å². The van der Waals surface area contributed by atoms with Gasteiger partial charge in [-0.15, -0.1) is 0 Å². The van der Waals surface area contributed by atoms with E-state index in [0.29, 0.717) is 12.8 Å². The summed E-state index contributed by atoms with van der Waals surface area (Å²) < 4.78 is 22.1. The van der Waals surface area contributed by atoms with Crippen molar-refractivity contribution in [2.24, 2.45) is 4.99 Å². The standard InChI is InChI=1S/C25H25BrN4O6/c1-16-15-28-23-20(7-5-11-34-25(32)36-13-12-35-24(31)33-2)29-22(19-6-3-4-10-27-19)18-14-17(26)8-9-21(18)30(16)23/h3-4,6,8-10,14-15,20H,5,7,11-13H2,1-2H3/t20-/m0/s1. The molecule has 1 atom stereocenters. The zero-order chi connectivity index (χ0) is 25.5. The molecular formula is C25H25BrN4O6. The van der Waals surface area contributed by atoms with Gasteiger partial charge in [0.25, 0.3) is 0 Å². The zero-order valence-corrected chi connectivity index (χ0v) is 21.4. The molecule has 0 saturated heterocycles.